The van der Waals surface area contributed by atoms with Crippen LogP contribution in [0, 0.1) is 5.82 Å². The van der Waals surface area contributed by atoms with Crippen LogP contribution in [0.25, 0.3) is 21.6 Å². The number of halogens is 1. The molecule has 128 valence electrons. The summed E-state index contributed by atoms with van der Waals surface area (Å²) < 4.78 is 25.3. The van der Waals surface area contributed by atoms with Crippen LogP contribution in [0.4, 0.5) is 4.39 Å². The highest BCUT2D eigenvalue weighted by molar-refractivity contribution is 5.69. The number of nitrogens with zero attached hydrogens (tertiary/aromatic N) is 4. The maximum Gasteiger partial charge on any atom is 0.213 e. The van der Waals surface area contributed by atoms with E-state index in [0.29, 0.717) is 30.9 Å². The zero-order valence-corrected chi connectivity index (χ0v) is 13.6. The summed E-state index contributed by atoms with van der Waals surface area (Å²) in [6.45, 7) is 1.31. The average molecular weight is 340 g/mol. The summed E-state index contributed by atoms with van der Waals surface area (Å²) in [6, 6.07) is 6.50. The molecular formula is C18H17FN4O2. The average Bonchev–Trinajstić information content (AvgIpc) is 3.27. The SMILES string of the molecule is [N-]=[N+]=N[C@@H]1CCc2c(-c3ccc(O[C@@H]4CCOC4)nc3)ccc(F)c21. The van der Waals surface area contributed by atoms with Gasteiger partial charge in [-0.1, -0.05) is 11.2 Å². The molecule has 25 heavy (non-hydrogen) atoms. The van der Waals surface area contributed by atoms with Crippen LogP contribution in [0.15, 0.2) is 35.6 Å². The third-order valence-electron chi connectivity index (χ3n) is 4.72. The molecule has 2 aromatic rings. The van der Waals surface area contributed by atoms with Crippen molar-refractivity contribution >= 4 is 0 Å². The van der Waals surface area contributed by atoms with Gasteiger partial charge >= 0.3 is 0 Å². The highest BCUT2D eigenvalue weighted by atomic mass is 19.1. The molecule has 0 amide bonds. The van der Waals surface area contributed by atoms with Crippen molar-refractivity contribution in [2.75, 3.05) is 13.2 Å². The topological polar surface area (TPSA) is 80.1 Å². The predicted octanol–water partition coefficient (Wildman–Crippen LogP) is 4.35. The number of hydrogen-bond donors (Lipinski definition) is 0. The molecule has 1 aliphatic heterocycles. The van der Waals surface area contributed by atoms with E-state index in [9.17, 15) is 4.39 Å². The molecule has 1 fully saturated rings. The van der Waals surface area contributed by atoms with Crippen LogP contribution >= 0.6 is 0 Å². The molecule has 2 atom stereocenters. The fraction of sp³-hybridized carbons (Fsp3) is 0.389. The van der Waals surface area contributed by atoms with Gasteiger partial charge < -0.3 is 9.47 Å². The van der Waals surface area contributed by atoms with E-state index in [-0.39, 0.29) is 11.9 Å². The molecule has 0 spiro atoms. The first kappa shape index (κ1) is 15.9. The van der Waals surface area contributed by atoms with Gasteiger partial charge in [-0.2, -0.15) is 0 Å². The summed E-state index contributed by atoms with van der Waals surface area (Å²) in [5.74, 6) is 0.243. The molecule has 0 unspecified atom stereocenters. The lowest BCUT2D eigenvalue weighted by molar-refractivity contribution is 0.138. The van der Waals surface area contributed by atoms with E-state index in [1.807, 2.05) is 12.1 Å². The first-order valence-electron chi connectivity index (χ1n) is 8.32. The first-order valence-corrected chi connectivity index (χ1v) is 8.32. The van der Waals surface area contributed by atoms with Crippen molar-refractivity contribution in [3.05, 3.63) is 57.8 Å². The third-order valence-corrected chi connectivity index (χ3v) is 4.72. The van der Waals surface area contributed by atoms with Gasteiger partial charge in [0, 0.05) is 34.7 Å². The van der Waals surface area contributed by atoms with Gasteiger partial charge in [0.15, 0.2) is 0 Å². The molecule has 6 nitrogen and oxygen atoms in total. The summed E-state index contributed by atoms with van der Waals surface area (Å²) in [6.07, 6.45) is 3.97. The highest BCUT2D eigenvalue weighted by Gasteiger charge is 2.28. The molecule has 4 rings (SSSR count). The van der Waals surface area contributed by atoms with Gasteiger partial charge in [-0.15, -0.1) is 0 Å². The van der Waals surface area contributed by atoms with E-state index < -0.39 is 6.04 Å². The molecule has 0 saturated carbocycles. The zero-order chi connectivity index (χ0) is 17.2. The Morgan fingerprint density at radius 1 is 1.28 bits per heavy atom. The molecule has 0 radical (unpaired) electrons. The van der Waals surface area contributed by atoms with Crippen molar-refractivity contribution in [2.24, 2.45) is 5.11 Å². The van der Waals surface area contributed by atoms with Gasteiger partial charge in [0.05, 0.1) is 19.3 Å². The Morgan fingerprint density at radius 2 is 2.20 bits per heavy atom. The maximum atomic E-state index is 14.2. The molecule has 2 heterocycles. The molecule has 7 heteroatoms. The number of benzene rings is 1. The molecule has 1 saturated heterocycles. The lowest BCUT2D eigenvalue weighted by Gasteiger charge is -2.13. The molecule has 0 bridgehead atoms. The minimum Gasteiger partial charge on any atom is -0.472 e. The summed E-state index contributed by atoms with van der Waals surface area (Å²) in [4.78, 5) is 7.21. The van der Waals surface area contributed by atoms with Crippen molar-refractivity contribution in [3.63, 3.8) is 0 Å². The number of ether oxygens (including phenoxy) is 2. The Hall–Kier alpha value is -2.63. The monoisotopic (exact) mass is 340 g/mol. The fourth-order valence-electron chi connectivity index (χ4n) is 3.53. The lowest BCUT2D eigenvalue weighted by Crippen LogP contribution is -2.16. The van der Waals surface area contributed by atoms with Crippen LogP contribution in [0.5, 0.6) is 5.88 Å². The maximum absolute atomic E-state index is 14.2. The fourth-order valence-corrected chi connectivity index (χ4v) is 3.53. The van der Waals surface area contributed by atoms with Crippen molar-refractivity contribution in [1.29, 1.82) is 0 Å². The number of rotatable bonds is 4. The van der Waals surface area contributed by atoms with Gasteiger partial charge in [0.25, 0.3) is 0 Å². The van der Waals surface area contributed by atoms with Crippen molar-refractivity contribution < 1.29 is 13.9 Å². The van der Waals surface area contributed by atoms with E-state index in [1.54, 1.807) is 12.3 Å². The number of hydrogen-bond acceptors (Lipinski definition) is 4. The summed E-state index contributed by atoms with van der Waals surface area (Å²) in [7, 11) is 0. The number of azide groups is 1. The van der Waals surface area contributed by atoms with E-state index in [1.165, 1.54) is 6.07 Å². The summed E-state index contributed by atoms with van der Waals surface area (Å²) in [5, 5.41) is 3.73. The minimum absolute atomic E-state index is 0.0537. The minimum atomic E-state index is -0.433. The largest absolute Gasteiger partial charge is 0.472 e. The Balaban J connectivity index is 1.63. The van der Waals surface area contributed by atoms with Crippen LogP contribution in [-0.4, -0.2) is 24.3 Å². The predicted molar refractivity (Wildman–Crippen MR) is 89.7 cm³/mol. The van der Waals surface area contributed by atoms with Gasteiger partial charge in [0.1, 0.15) is 11.9 Å². The number of fused-ring (bicyclic) bond motifs is 1. The quantitative estimate of drug-likeness (QED) is 0.471. The van der Waals surface area contributed by atoms with Crippen molar-refractivity contribution in [2.45, 2.75) is 31.4 Å². The summed E-state index contributed by atoms with van der Waals surface area (Å²) >= 11 is 0. The van der Waals surface area contributed by atoms with Gasteiger partial charge in [0.2, 0.25) is 5.88 Å². The smallest absolute Gasteiger partial charge is 0.213 e. The molecule has 1 aromatic carbocycles. The van der Waals surface area contributed by atoms with Crippen LogP contribution < -0.4 is 4.74 Å². The van der Waals surface area contributed by atoms with Gasteiger partial charge in [-0.25, -0.2) is 9.37 Å². The van der Waals surface area contributed by atoms with Crippen LogP contribution in [0.3, 0.4) is 0 Å². The summed E-state index contributed by atoms with van der Waals surface area (Å²) in [5.41, 5.74) is 11.9. The third kappa shape index (κ3) is 3.04. The van der Waals surface area contributed by atoms with E-state index in [2.05, 4.69) is 15.0 Å². The Kier molecular flexibility index (Phi) is 4.26. The Labute approximate surface area is 144 Å². The van der Waals surface area contributed by atoms with Gasteiger partial charge in [-0.3, -0.25) is 0 Å². The lowest BCUT2D eigenvalue weighted by atomic mass is 9.97. The first-order chi connectivity index (χ1) is 12.3. The second-order valence-corrected chi connectivity index (χ2v) is 6.24. The Bertz CT molecular complexity index is 828. The zero-order valence-electron chi connectivity index (χ0n) is 13.6. The normalized spacial score (nSPS) is 21.6. The second kappa shape index (κ2) is 6.70. The van der Waals surface area contributed by atoms with E-state index in [4.69, 9.17) is 15.0 Å². The van der Waals surface area contributed by atoms with E-state index >= 15 is 0 Å². The Morgan fingerprint density at radius 3 is 2.92 bits per heavy atom. The van der Waals surface area contributed by atoms with Crippen molar-refractivity contribution in [3.8, 4) is 17.0 Å². The van der Waals surface area contributed by atoms with Crippen LogP contribution in [0.1, 0.15) is 30.0 Å². The number of aromatic nitrogens is 1. The second-order valence-electron chi connectivity index (χ2n) is 6.24. The van der Waals surface area contributed by atoms with Crippen LogP contribution in [0.2, 0.25) is 0 Å². The molecule has 2 aliphatic rings. The molecular weight excluding hydrogens is 323 g/mol. The molecule has 0 N–H and O–H groups in total. The van der Waals surface area contributed by atoms with E-state index in [0.717, 1.165) is 29.7 Å². The molecule has 1 aliphatic carbocycles. The highest BCUT2D eigenvalue weighted by Crippen LogP contribution is 2.41. The van der Waals surface area contributed by atoms with Crippen molar-refractivity contribution in [1.82, 2.24) is 4.98 Å². The van der Waals surface area contributed by atoms with Gasteiger partial charge in [-0.05, 0) is 41.6 Å². The standard InChI is InChI=1S/C18H17FN4O2/c19-15-4-2-13(14-3-5-16(18(14)15)22-23-20)11-1-6-17(21-9-11)25-12-7-8-24-10-12/h1-2,4,6,9,12,16H,3,5,7-8,10H2/t12-,16-/m1/s1. The number of pyridine rings is 1. The van der Waals surface area contributed by atoms with Crippen LogP contribution in [-0.2, 0) is 11.2 Å². The molecule has 1 aromatic heterocycles.